The molecule has 4 heteroatoms. The molecule has 0 aromatic carbocycles. The number of rotatable bonds is 3. The van der Waals surface area contributed by atoms with E-state index in [1.807, 2.05) is 6.07 Å². The second kappa shape index (κ2) is 4.87. The average molecular weight is 197 g/mol. The number of hydrogen-bond acceptors (Lipinski definition) is 4. The SMILES string of the molecule is COC(=O)c1ccc(CCS)nc1. The Morgan fingerprint density at radius 3 is 2.85 bits per heavy atom. The standard InChI is InChI=1S/C9H11NO2S/c1-12-9(11)7-2-3-8(4-5-13)10-6-7/h2-3,6,13H,4-5H2,1H3. The molecule has 1 aromatic heterocycles. The molecule has 1 heterocycles. The van der Waals surface area contributed by atoms with Gasteiger partial charge in [-0.05, 0) is 24.3 Å². The summed E-state index contributed by atoms with van der Waals surface area (Å²) in [5.74, 6) is 0.398. The summed E-state index contributed by atoms with van der Waals surface area (Å²) in [6, 6.07) is 3.51. The van der Waals surface area contributed by atoms with Crippen LogP contribution >= 0.6 is 12.6 Å². The first-order valence-corrected chi connectivity index (χ1v) is 4.55. The summed E-state index contributed by atoms with van der Waals surface area (Å²) in [7, 11) is 1.35. The topological polar surface area (TPSA) is 39.2 Å². The average Bonchev–Trinajstić information content (AvgIpc) is 2.18. The molecule has 0 unspecified atom stereocenters. The maximum absolute atomic E-state index is 11.0. The number of carbonyl (C=O) groups excluding carboxylic acids is 1. The molecule has 0 aliphatic heterocycles. The van der Waals surface area contributed by atoms with Gasteiger partial charge in [-0.2, -0.15) is 12.6 Å². The summed E-state index contributed by atoms with van der Waals surface area (Å²) in [5, 5.41) is 0. The van der Waals surface area contributed by atoms with E-state index >= 15 is 0 Å². The van der Waals surface area contributed by atoms with Crippen molar-refractivity contribution in [2.24, 2.45) is 0 Å². The van der Waals surface area contributed by atoms with Crippen LogP contribution in [0.5, 0.6) is 0 Å². The molecule has 0 saturated carbocycles. The lowest BCUT2D eigenvalue weighted by atomic mass is 10.2. The molecule has 13 heavy (non-hydrogen) atoms. The monoisotopic (exact) mass is 197 g/mol. The maximum Gasteiger partial charge on any atom is 0.339 e. The predicted octanol–water partition coefficient (Wildman–Crippen LogP) is 1.34. The smallest absolute Gasteiger partial charge is 0.339 e. The molecule has 0 aliphatic carbocycles. The van der Waals surface area contributed by atoms with Crippen LogP contribution < -0.4 is 0 Å². The number of methoxy groups -OCH3 is 1. The normalized spacial score (nSPS) is 9.69. The highest BCUT2D eigenvalue weighted by molar-refractivity contribution is 7.80. The van der Waals surface area contributed by atoms with Crippen LogP contribution in [0.1, 0.15) is 16.1 Å². The number of hydrogen-bond donors (Lipinski definition) is 1. The molecule has 0 atom stereocenters. The molecule has 1 aromatic rings. The lowest BCUT2D eigenvalue weighted by Gasteiger charge is -1.99. The molecular formula is C9H11NO2S. The molecule has 0 amide bonds. The van der Waals surface area contributed by atoms with E-state index < -0.39 is 0 Å². The molecule has 0 spiro atoms. The second-order valence-electron chi connectivity index (χ2n) is 2.50. The highest BCUT2D eigenvalue weighted by Gasteiger charge is 2.04. The minimum Gasteiger partial charge on any atom is -0.465 e. The fraction of sp³-hybridized carbons (Fsp3) is 0.333. The molecule has 3 nitrogen and oxygen atoms in total. The van der Waals surface area contributed by atoms with Gasteiger partial charge < -0.3 is 4.74 Å². The Morgan fingerprint density at radius 1 is 1.62 bits per heavy atom. The van der Waals surface area contributed by atoms with E-state index in [1.54, 1.807) is 6.07 Å². The lowest BCUT2D eigenvalue weighted by Crippen LogP contribution is -2.02. The van der Waals surface area contributed by atoms with Crippen LogP contribution in [0.25, 0.3) is 0 Å². The van der Waals surface area contributed by atoms with Crippen molar-refractivity contribution in [1.82, 2.24) is 4.98 Å². The minimum atomic E-state index is -0.357. The Kier molecular flexibility index (Phi) is 3.76. The molecule has 70 valence electrons. The van der Waals surface area contributed by atoms with Gasteiger partial charge >= 0.3 is 5.97 Å². The first kappa shape index (κ1) is 10.1. The van der Waals surface area contributed by atoms with Gasteiger partial charge in [0.15, 0.2) is 0 Å². The third-order valence-corrected chi connectivity index (χ3v) is 1.84. The van der Waals surface area contributed by atoms with E-state index in [4.69, 9.17) is 0 Å². The summed E-state index contributed by atoms with van der Waals surface area (Å²) in [6.45, 7) is 0. The van der Waals surface area contributed by atoms with Gasteiger partial charge in [0.1, 0.15) is 0 Å². The molecule has 0 bridgehead atoms. The quantitative estimate of drug-likeness (QED) is 0.587. The fourth-order valence-corrected chi connectivity index (χ4v) is 1.15. The van der Waals surface area contributed by atoms with Crippen molar-refractivity contribution in [3.63, 3.8) is 0 Å². The number of nitrogens with zero attached hydrogens (tertiary/aromatic N) is 1. The Bertz CT molecular complexity index is 284. The summed E-state index contributed by atoms with van der Waals surface area (Å²) in [4.78, 5) is 15.1. The number of pyridine rings is 1. The van der Waals surface area contributed by atoms with E-state index in [0.717, 1.165) is 17.9 Å². The van der Waals surface area contributed by atoms with Gasteiger partial charge in [-0.1, -0.05) is 0 Å². The van der Waals surface area contributed by atoms with Gasteiger partial charge in [0.25, 0.3) is 0 Å². The predicted molar refractivity (Wildman–Crippen MR) is 53.1 cm³/mol. The molecule has 0 fully saturated rings. The van der Waals surface area contributed by atoms with E-state index in [1.165, 1.54) is 13.3 Å². The van der Waals surface area contributed by atoms with Crippen molar-refractivity contribution in [2.75, 3.05) is 12.9 Å². The van der Waals surface area contributed by atoms with Gasteiger partial charge in [0.05, 0.1) is 12.7 Å². The third-order valence-electron chi connectivity index (χ3n) is 1.61. The molecule has 1 rings (SSSR count). The van der Waals surface area contributed by atoms with Crippen LogP contribution in [-0.4, -0.2) is 23.8 Å². The van der Waals surface area contributed by atoms with Crippen LogP contribution in [0, 0.1) is 0 Å². The molecule has 0 N–H and O–H groups in total. The Morgan fingerprint density at radius 2 is 2.38 bits per heavy atom. The Labute approximate surface area is 82.5 Å². The fourth-order valence-electron chi connectivity index (χ4n) is 0.926. The van der Waals surface area contributed by atoms with Crippen LogP contribution in [-0.2, 0) is 11.2 Å². The summed E-state index contributed by atoms with van der Waals surface area (Å²) in [6.07, 6.45) is 2.33. The third kappa shape index (κ3) is 2.73. The molecular weight excluding hydrogens is 186 g/mol. The summed E-state index contributed by atoms with van der Waals surface area (Å²) < 4.78 is 4.54. The Balaban J connectivity index is 2.75. The molecule has 0 radical (unpaired) electrons. The van der Waals surface area contributed by atoms with E-state index in [9.17, 15) is 4.79 Å². The highest BCUT2D eigenvalue weighted by atomic mass is 32.1. The largest absolute Gasteiger partial charge is 0.465 e. The van der Waals surface area contributed by atoms with Crippen LogP contribution in [0.4, 0.5) is 0 Å². The molecule has 0 aliphatic rings. The zero-order chi connectivity index (χ0) is 9.68. The first-order chi connectivity index (χ1) is 6.27. The number of aryl methyl sites for hydroxylation is 1. The minimum absolute atomic E-state index is 0.357. The van der Waals surface area contributed by atoms with Gasteiger partial charge in [-0.15, -0.1) is 0 Å². The zero-order valence-electron chi connectivity index (χ0n) is 7.36. The summed E-state index contributed by atoms with van der Waals surface area (Å²) in [5.41, 5.74) is 1.41. The van der Waals surface area contributed by atoms with Crippen molar-refractivity contribution in [3.05, 3.63) is 29.6 Å². The maximum atomic E-state index is 11.0. The van der Waals surface area contributed by atoms with Crippen molar-refractivity contribution >= 4 is 18.6 Å². The second-order valence-corrected chi connectivity index (χ2v) is 2.95. The van der Waals surface area contributed by atoms with Gasteiger partial charge in [0.2, 0.25) is 0 Å². The zero-order valence-corrected chi connectivity index (χ0v) is 8.25. The van der Waals surface area contributed by atoms with Crippen molar-refractivity contribution in [3.8, 4) is 0 Å². The van der Waals surface area contributed by atoms with Gasteiger partial charge in [-0.25, -0.2) is 4.79 Å². The summed E-state index contributed by atoms with van der Waals surface area (Å²) >= 11 is 4.09. The highest BCUT2D eigenvalue weighted by Crippen LogP contribution is 2.02. The number of thiol groups is 1. The first-order valence-electron chi connectivity index (χ1n) is 3.92. The Hall–Kier alpha value is -1.03. The number of ether oxygens (including phenoxy) is 1. The van der Waals surface area contributed by atoms with Crippen molar-refractivity contribution < 1.29 is 9.53 Å². The van der Waals surface area contributed by atoms with E-state index in [0.29, 0.717) is 5.56 Å². The van der Waals surface area contributed by atoms with Gasteiger partial charge in [-0.3, -0.25) is 4.98 Å². The van der Waals surface area contributed by atoms with Crippen molar-refractivity contribution in [2.45, 2.75) is 6.42 Å². The number of esters is 1. The number of aromatic nitrogens is 1. The van der Waals surface area contributed by atoms with Crippen LogP contribution in [0.2, 0.25) is 0 Å². The van der Waals surface area contributed by atoms with Crippen LogP contribution in [0.15, 0.2) is 18.3 Å². The molecule has 0 saturated heterocycles. The number of carbonyl (C=O) groups is 1. The van der Waals surface area contributed by atoms with E-state index in [2.05, 4.69) is 22.3 Å². The van der Waals surface area contributed by atoms with E-state index in [-0.39, 0.29) is 5.97 Å². The van der Waals surface area contributed by atoms with Crippen molar-refractivity contribution in [1.29, 1.82) is 0 Å². The van der Waals surface area contributed by atoms with Gasteiger partial charge in [0, 0.05) is 11.9 Å². The lowest BCUT2D eigenvalue weighted by molar-refractivity contribution is 0.0600. The van der Waals surface area contributed by atoms with Crippen LogP contribution in [0.3, 0.4) is 0 Å².